The number of ether oxygens (including phenoxy) is 2. The highest BCUT2D eigenvalue weighted by Gasteiger charge is 2.28. The van der Waals surface area contributed by atoms with E-state index in [-0.39, 0.29) is 6.23 Å². The number of aromatic nitrogens is 1. The molecule has 1 aliphatic heterocycles. The van der Waals surface area contributed by atoms with Crippen LogP contribution in [-0.4, -0.2) is 24.8 Å². The van der Waals surface area contributed by atoms with Gasteiger partial charge >= 0.3 is 0 Å². The number of methoxy groups -OCH3 is 1. The normalized spacial score (nSPS) is 17.0. The molecule has 4 nitrogen and oxygen atoms in total. The average Bonchev–Trinajstić information content (AvgIpc) is 3.31. The van der Waals surface area contributed by atoms with Crippen LogP contribution in [0.15, 0.2) is 71.5 Å². The van der Waals surface area contributed by atoms with E-state index in [0.29, 0.717) is 0 Å². The number of nitrogens with zero attached hydrogens (tertiary/aromatic N) is 2. The third kappa shape index (κ3) is 3.30. The van der Waals surface area contributed by atoms with Crippen molar-refractivity contribution in [3.8, 4) is 11.4 Å². The van der Waals surface area contributed by atoms with Crippen molar-refractivity contribution in [1.82, 2.24) is 4.57 Å². The molecule has 0 aliphatic carbocycles. The van der Waals surface area contributed by atoms with Crippen LogP contribution in [0.25, 0.3) is 5.69 Å². The van der Waals surface area contributed by atoms with E-state index in [4.69, 9.17) is 9.47 Å². The highest BCUT2D eigenvalue weighted by molar-refractivity contribution is 9.10. The Morgan fingerprint density at radius 3 is 2.68 bits per heavy atom. The van der Waals surface area contributed by atoms with Crippen LogP contribution in [0.2, 0.25) is 0 Å². The maximum Gasteiger partial charge on any atom is 0.158 e. The van der Waals surface area contributed by atoms with Crippen molar-refractivity contribution in [1.29, 1.82) is 0 Å². The molecule has 3 aromatic rings. The minimum absolute atomic E-state index is 0.0678. The topological polar surface area (TPSA) is 26.6 Å². The largest absolute Gasteiger partial charge is 0.497 e. The van der Waals surface area contributed by atoms with Crippen LogP contribution in [0, 0.1) is 0 Å². The van der Waals surface area contributed by atoms with Gasteiger partial charge < -0.3 is 18.9 Å². The molecule has 0 spiro atoms. The quantitative estimate of drug-likeness (QED) is 0.632. The third-order valence-electron chi connectivity index (χ3n) is 4.40. The predicted molar refractivity (Wildman–Crippen MR) is 103 cm³/mol. The van der Waals surface area contributed by atoms with Crippen LogP contribution in [0.5, 0.6) is 5.75 Å². The first-order chi connectivity index (χ1) is 12.2. The second-order valence-electron chi connectivity index (χ2n) is 5.95. The van der Waals surface area contributed by atoms with E-state index in [9.17, 15) is 0 Å². The Balaban J connectivity index is 1.60. The van der Waals surface area contributed by atoms with Gasteiger partial charge in [0.05, 0.1) is 13.7 Å². The van der Waals surface area contributed by atoms with E-state index in [2.05, 4.69) is 68.1 Å². The van der Waals surface area contributed by atoms with Crippen molar-refractivity contribution in [3.05, 3.63) is 77.0 Å². The van der Waals surface area contributed by atoms with Gasteiger partial charge in [-0.05, 0) is 48.5 Å². The predicted octanol–water partition coefficient (Wildman–Crippen LogP) is 4.78. The molecule has 5 heteroatoms. The lowest BCUT2D eigenvalue weighted by Gasteiger charge is -2.24. The summed E-state index contributed by atoms with van der Waals surface area (Å²) in [6.07, 6.45) is 4.14. The zero-order chi connectivity index (χ0) is 17.2. The van der Waals surface area contributed by atoms with Crippen LogP contribution in [0.3, 0.4) is 0 Å². The van der Waals surface area contributed by atoms with Crippen molar-refractivity contribution in [2.24, 2.45) is 0 Å². The zero-order valence-corrected chi connectivity index (χ0v) is 15.5. The lowest BCUT2D eigenvalue weighted by molar-refractivity contribution is 0.114. The minimum atomic E-state index is -0.0678. The van der Waals surface area contributed by atoms with E-state index >= 15 is 0 Å². The van der Waals surface area contributed by atoms with Gasteiger partial charge in [0.15, 0.2) is 6.23 Å². The van der Waals surface area contributed by atoms with Gasteiger partial charge in [-0.3, -0.25) is 0 Å². The van der Waals surface area contributed by atoms with Crippen molar-refractivity contribution in [2.75, 3.05) is 25.2 Å². The van der Waals surface area contributed by atoms with Crippen LogP contribution in [0.1, 0.15) is 11.8 Å². The lowest BCUT2D eigenvalue weighted by atomic mass is 10.2. The molecule has 2 aromatic carbocycles. The fourth-order valence-electron chi connectivity index (χ4n) is 3.14. The van der Waals surface area contributed by atoms with Crippen LogP contribution in [-0.2, 0) is 4.74 Å². The molecule has 0 N–H and O–H groups in total. The number of hydrogen-bond acceptors (Lipinski definition) is 3. The molecule has 1 saturated heterocycles. The van der Waals surface area contributed by atoms with Crippen molar-refractivity contribution in [2.45, 2.75) is 6.23 Å². The molecule has 2 heterocycles. The number of benzene rings is 2. The monoisotopic (exact) mass is 398 g/mol. The van der Waals surface area contributed by atoms with Crippen molar-refractivity contribution in [3.63, 3.8) is 0 Å². The first kappa shape index (κ1) is 16.2. The lowest BCUT2D eigenvalue weighted by Crippen LogP contribution is -2.22. The number of hydrogen-bond donors (Lipinski definition) is 0. The Kier molecular flexibility index (Phi) is 4.51. The molecular formula is C20H19BrN2O2. The number of halogens is 1. The summed E-state index contributed by atoms with van der Waals surface area (Å²) in [4.78, 5) is 2.28. The molecule has 1 atom stereocenters. The molecule has 25 heavy (non-hydrogen) atoms. The first-order valence-electron chi connectivity index (χ1n) is 8.21. The highest BCUT2D eigenvalue weighted by Crippen LogP contribution is 2.33. The Morgan fingerprint density at radius 1 is 1.08 bits per heavy atom. The first-order valence-corrected chi connectivity index (χ1v) is 9.00. The second kappa shape index (κ2) is 6.94. The maximum absolute atomic E-state index is 6.01. The molecule has 1 fully saturated rings. The summed E-state index contributed by atoms with van der Waals surface area (Å²) in [5.41, 5.74) is 3.40. The molecule has 0 radical (unpaired) electrons. The third-order valence-corrected chi connectivity index (χ3v) is 4.90. The number of rotatable bonds is 4. The summed E-state index contributed by atoms with van der Waals surface area (Å²) in [5, 5.41) is 0. The molecule has 4 rings (SSSR count). The molecule has 1 aromatic heterocycles. The molecule has 0 amide bonds. The SMILES string of the molecule is COc1ccc(N2CCO[C@H]2c2ccn(-c3cccc(Br)c3)c2)cc1. The minimum Gasteiger partial charge on any atom is -0.497 e. The Labute approximate surface area is 155 Å². The average molecular weight is 399 g/mol. The summed E-state index contributed by atoms with van der Waals surface area (Å²) in [7, 11) is 1.68. The van der Waals surface area contributed by atoms with Gasteiger partial charge in [-0.15, -0.1) is 0 Å². The van der Waals surface area contributed by atoms with E-state index in [1.807, 2.05) is 24.3 Å². The van der Waals surface area contributed by atoms with Gasteiger partial charge in [0.25, 0.3) is 0 Å². The molecule has 0 bridgehead atoms. The molecule has 128 valence electrons. The van der Waals surface area contributed by atoms with Gasteiger partial charge in [0, 0.05) is 40.3 Å². The van der Waals surface area contributed by atoms with E-state index in [0.717, 1.165) is 40.3 Å². The van der Waals surface area contributed by atoms with Crippen LogP contribution >= 0.6 is 15.9 Å². The summed E-state index contributed by atoms with van der Waals surface area (Å²) < 4.78 is 14.4. The second-order valence-corrected chi connectivity index (χ2v) is 6.86. The molecule has 1 aliphatic rings. The van der Waals surface area contributed by atoms with Crippen molar-refractivity contribution >= 4 is 21.6 Å². The Hall–Kier alpha value is -2.24. The smallest absolute Gasteiger partial charge is 0.158 e. The van der Waals surface area contributed by atoms with E-state index in [1.54, 1.807) is 7.11 Å². The van der Waals surface area contributed by atoms with E-state index < -0.39 is 0 Å². The Bertz CT molecular complexity index is 860. The van der Waals surface area contributed by atoms with Crippen molar-refractivity contribution < 1.29 is 9.47 Å². The summed E-state index contributed by atoms with van der Waals surface area (Å²) in [5.74, 6) is 0.862. The summed E-state index contributed by atoms with van der Waals surface area (Å²) in [6, 6.07) is 18.5. The molecular weight excluding hydrogens is 380 g/mol. The Morgan fingerprint density at radius 2 is 1.92 bits per heavy atom. The fraction of sp³-hybridized carbons (Fsp3) is 0.200. The van der Waals surface area contributed by atoms with Crippen LogP contribution in [0.4, 0.5) is 5.69 Å². The van der Waals surface area contributed by atoms with Gasteiger partial charge in [0.2, 0.25) is 0 Å². The van der Waals surface area contributed by atoms with Gasteiger partial charge in [-0.1, -0.05) is 22.0 Å². The standard InChI is InChI=1S/C20H19BrN2O2/c1-24-19-7-5-17(6-8-19)23-11-12-25-20(23)15-9-10-22(14-15)18-4-2-3-16(21)13-18/h2-10,13-14,20H,11-12H2,1H3/t20-/m0/s1. The highest BCUT2D eigenvalue weighted by atomic mass is 79.9. The molecule has 0 saturated carbocycles. The summed E-state index contributed by atoms with van der Waals surface area (Å²) >= 11 is 3.53. The zero-order valence-electron chi connectivity index (χ0n) is 13.9. The van der Waals surface area contributed by atoms with Crippen LogP contribution < -0.4 is 9.64 Å². The van der Waals surface area contributed by atoms with E-state index in [1.165, 1.54) is 0 Å². The molecule has 0 unspecified atom stereocenters. The summed E-state index contributed by atoms with van der Waals surface area (Å²) in [6.45, 7) is 1.60. The van der Waals surface area contributed by atoms with Gasteiger partial charge in [-0.2, -0.15) is 0 Å². The number of anilines is 1. The van der Waals surface area contributed by atoms with Gasteiger partial charge in [-0.25, -0.2) is 0 Å². The maximum atomic E-state index is 6.01. The fourth-order valence-corrected chi connectivity index (χ4v) is 3.53. The van der Waals surface area contributed by atoms with Gasteiger partial charge in [0.1, 0.15) is 5.75 Å².